The average molecular weight is 190 g/mol. The first-order valence-corrected chi connectivity index (χ1v) is 3.85. The highest BCUT2D eigenvalue weighted by atomic mass is 16.2. The topological polar surface area (TPSA) is 83.5 Å². The molecule has 0 aliphatic carbocycles. The Balaban J connectivity index is 2.97. The molecule has 0 unspecified atom stereocenters. The second-order valence-electron chi connectivity index (χ2n) is 2.58. The third kappa shape index (κ3) is 1.11. The van der Waals surface area contributed by atoms with Crippen molar-refractivity contribution in [3.8, 4) is 12.0 Å². The van der Waals surface area contributed by atoms with E-state index in [-0.39, 0.29) is 11.2 Å². The molecule has 0 fully saturated rings. The molecule has 0 aliphatic heterocycles. The van der Waals surface area contributed by atoms with E-state index in [1.54, 1.807) is 6.92 Å². The number of imidazole rings is 1. The maximum atomic E-state index is 11.4. The fourth-order valence-corrected chi connectivity index (χ4v) is 1.16. The smallest absolute Gasteiger partial charge is 0.290 e. The van der Waals surface area contributed by atoms with Gasteiger partial charge in [-0.3, -0.25) is 19.3 Å². The van der Waals surface area contributed by atoms with Gasteiger partial charge in [0.05, 0.1) is 0 Å². The summed E-state index contributed by atoms with van der Waals surface area (Å²) in [5.41, 5.74) is -0.582. The van der Waals surface area contributed by atoms with Gasteiger partial charge in [-0.2, -0.15) is 0 Å². The van der Waals surface area contributed by atoms with Gasteiger partial charge in [-0.1, -0.05) is 5.92 Å². The molecular formula is C8H6N4O2. The number of hydrogen-bond donors (Lipinski definition) is 2. The molecular weight excluding hydrogens is 184 g/mol. The molecule has 0 amide bonds. The Bertz CT molecular complexity index is 650. The molecule has 0 bridgehead atoms. The van der Waals surface area contributed by atoms with Gasteiger partial charge in [-0.15, -0.1) is 0 Å². The van der Waals surface area contributed by atoms with Crippen LogP contribution in [0.5, 0.6) is 0 Å². The van der Waals surface area contributed by atoms with Crippen molar-refractivity contribution >= 4 is 11.2 Å². The van der Waals surface area contributed by atoms with Gasteiger partial charge in [-0.05, 0) is 6.92 Å². The Morgan fingerprint density at radius 3 is 2.93 bits per heavy atom. The van der Waals surface area contributed by atoms with Crippen molar-refractivity contribution in [2.75, 3.05) is 0 Å². The molecule has 0 aromatic carbocycles. The van der Waals surface area contributed by atoms with Crippen molar-refractivity contribution in [2.24, 2.45) is 0 Å². The van der Waals surface area contributed by atoms with Gasteiger partial charge in [-0.25, -0.2) is 9.78 Å². The largest absolute Gasteiger partial charge is 0.327 e. The van der Waals surface area contributed by atoms with Crippen LogP contribution in [0.25, 0.3) is 11.2 Å². The number of nitrogens with zero attached hydrogens (tertiary/aromatic N) is 2. The average Bonchev–Trinajstić information content (AvgIpc) is 2.49. The number of H-pyrrole nitrogens is 2. The predicted molar refractivity (Wildman–Crippen MR) is 49.8 cm³/mol. The molecule has 6 nitrogen and oxygen atoms in total. The summed E-state index contributed by atoms with van der Waals surface area (Å²) in [6, 6.07) is 2.65. The van der Waals surface area contributed by atoms with Crippen molar-refractivity contribution in [3.63, 3.8) is 0 Å². The van der Waals surface area contributed by atoms with Gasteiger partial charge in [0.25, 0.3) is 5.56 Å². The second-order valence-corrected chi connectivity index (χ2v) is 2.58. The first-order chi connectivity index (χ1) is 6.72. The van der Waals surface area contributed by atoms with E-state index in [1.165, 1.54) is 10.9 Å². The zero-order valence-corrected chi connectivity index (χ0v) is 7.29. The van der Waals surface area contributed by atoms with Gasteiger partial charge in [0.15, 0.2) is 11.2 Å². The highest BCUT2D eigenvalue weighted by Gasteiger charge is 2.05. The number of hydrogen-bond acceptors (Lipinski definition) is 3. The predicted octanol–water partition coefficient (Wildman–Crippen LogP) is -0.758. The fourth-order valence-electron chi connectivity index (χ4n) is 1.16. The van der Waals surface area contributed by atoms with Crippen LogP contribution in [0.3, 0.4) is 0 Å². The quantitative estimate of drug-likeness (QED) is 0.535. The van der Waals surface area contributed by atoms with Crippen molar-refractivity contribution in [3.05, 3.63) is 27.2 Å². The lowest BCUT2D eigenvalue weighted by Crippen LogP contribution is -2.22. The Morgan fingerprint density at radius 1 is 1.43 bits per heavy atom. The van der Waals surface area contributed by atoms with Crippen LogP contribution >= 0.6 is 0 Å². The zero-order chi connectivity index (χ0) is 10.1. The molecule has 2 rings (SSSR count). The lowest BCUT2D eigenvalue weighted by Gasteiger charge is -1.89. The van der Waals surface area contributed by atoms with Gasteiger partial charge in [0.1, 0.15) is 6.33 Å². The van der Waals surface area contributed by atoms with Crippen molar-refractivity contribution in [1.82, 2.24) is 19.5 Å². The van der Waals surface area contributed by atoms with Crippen molar-refractivity contribution in [2.45, 2.75) is 6.92 Å². The Kier molecular flexibility index (Phi) is 1.71. The molecule has 2 N–H and O–H groups in total. The number of fused-ring (bicyclic) bond motifs is 1. The maximum absolute atomic E-state index is 11.4. The summed E-state index contributed by atoms with van der Waals surface area (Å²) in [6.45, 7) is 1.64. The highest BCUT2D eigenvalue weighted by Crippen LogP contribution is 1.99. The molecule has 2 aromatic heterocycles. The van der Waals surface area contributed by atoms with Crippen LogP contribution in [-0.4, -0.2) is 19.5 Å². The normalized spacial score (nSPS) is 9.79. The minimum absolute atomic E-state index is 0.238. The van der Waals surface area contributed by atoms with Crippen LogP contribution in [0.15, 0.2) is 15.9 Å². The Labute approximate surface area is 77.6 Å². The molecule has 14 heavy (non-hydrogen) atoms. The summed E-state index contributed by atoms with van der Waals surface area (Å²) >= 11 is 0. The minimum atomic E-state index is -0.572. The minimum Gasteiger partial charge on any atom is -0.290 e. The van der Waals surface area contributed by atoms with E-state index in [9.17, 15) is 9.59 Å². The number of rotatable bonds is 0. The number of aromatic amines is 2. The van der Waals surface area contributed by atoms with Crippen LogP contribution in [0, 0.1) is 12.0 Å². The SMILES string of the molecule is CC#Cn1cnc2[nH]c(=O)[nH]c(=O)c21. The monoisotopic (exact) mass is 190 g/mol. The zero-order valence-electron chi connectivity index (χ0n) is 7.29. The summed E-state index contributed by atoms with van der Waals surface area (Å²) < 4.78 is 1.37. The molecule has 70 valence electrons. The maximum Gasteiger partial charge on any atom is 0.327 e. The summed E-state index contributed by atoms with van der Waals surface area (Å²) in [5, 5.41) is 0. The molecule has 2 aromatic rings. The molecule has 0 aliphatic rings. The third-order valence-corrected chi connectivity index (χ3v) is 1.67. The van der Waals surface area contributed by atoms with Crippen LogP contribution < -0.4 is 11.2 Å². The summed E-state index contributed by atoms with van der Waals surface area (Å²) in [7, 11) is 0. The number of aromatic nitrogens is 4. The van der Waals surface area contributed by atoms with Crippen molar-refractivity contribution < 1.29 is 0 Å². The first-order valence-electron chi connectivity index (χ1n) is 3.85. The summed E-state index contributed by atoms with van der Waals surface area (Å²) in [5.74, 6) is 2.63. The first kappa shape index (κ1) is 8.31. The molecule has 2 heterocycles. The fraction of sp³-hybridized carbons (Fsp3) is 0.125. The van der Waals surface area contributed by atoms with Gasteiger partial charge < -0.3 is 0 Å². The van der Waals surface area contributed by atoms with Crippen molar-refractivity contribution in [1.29, 1.82) is 0 Å². The lowest BCUT2D eigenvalue weighted by atomic mass is 10.5. The van der Waals surface area contributed by atoms with E-state index >= 15 is 0 Å². The molecule has 0 spiro atoms. The Hall–Kier alpha value is -2.29. The van der Waals surface area contributed by atoms with E-state index in [0.717, 1.165) is 0 Å². The van der Waals surface area contributed by atoms with E-state index in [4.69, 9.17) is 0 Å². The van der Waals surface area contributed by atoms with Gasteiger partial charge in [0.2, 0.25) is 0 Å². The van der Waals surface area contributed by atoms with Crippen LogP contribution in [0.1, 0.15) is 6.92 Å². The van der Waals surface area contributed by atoms with E-state index in [0.29, 0.717) is 0 Å². The molecule has 0 radical (unpaired) electrons. The molecule has 6 heteroatoms. The van der Waals surface area contributed by atoms with Crippen LogP contribution in [-0.2, 0) is 0 Å². The standard InChI is InChI=1S/C8H6N4O2/c1-2-3-12-4-9-6-5(12)7(13)11-8(14)10-6/h4H,1H3,(H2,10,11,13,14). The second kappa shape index (κ2) is 2.88. The van der Waals surface area contributed by atoms with E-state index < -0.39 is 11.2 Å². The van der Waals surface area contributed by atoms with Crippen LogP contribution in [0.4, 0.5) is 0 Å². The van der Waals surface area contributed by atoms with Gasteiger partial charge in [0, 0.05) is 6.04 Å². The summed E-state index contributed by atoms with van der Waals surface area (Å²) in [6.07, 6.45) is 1.38. The molecule has 0 saturated heterocycles. The number of nitrogens with one attached hydrogen (secondary N) is 2. The lowest BCUT2D eigenvalue weighted by molar-refractivity contribution is 1.06. The molecule has 0 atom stereocenters. The summed E-state index contributed by atoms with van der Waals surface area (Å²) in [4.78, 5) is 30.6. The van der Waals surface area contributed by atoms with Crippen LogP contribution in [0.2, 0.25) is 0 Å². The third-order valence-electron chi connectivity index (χ3n) is 1.67. The van der Waals surface area contributed by atoms with E-state index in [2.05, 4.69) is 26.9 Å². The Morgan fingerprint density at radius 2 is 2.21 bits per heavy atom. The van der Waals surface area contributed by atoms with E-state index in [1.807, 2.05) is 0 Å². The van der Waals surface area contributed by atoms with Gasteiger partial charge >= 0.3 is 5.69 Å². The molecule has 0 saturated carbocycles. The highest BCUT2D eigenvalue weighted by molar-refractivity contribution is 5.70.